The van der Waals surface area contributed by atoms with Gasteiger partial charge in [0, 0.05) is 5.56 Å². The van der Waals surface area contributed by atoms with E-state index in [1.165, 1.54) is 4.80 Å². The number of hydrogen-bond donors (Lipinski definition) is 2. The summed E-state index contributed by atoms with van der Waals surface area (Å²) in [4.78, 5) is 12.7. The number of carbonyl (C=O) groups is 1. The predicted octanol–water partition coefficient (Wildman–Crippen LogP) is 5.18. The van der Waals surface area contributed by atoms with Crippen molar-refractivity contribution in [1.82, 2.24) is 15.0 Å². The van der Waals surface area contributed by atoms with Crippen molar-refractivity contribution in [2.45, 2.75) is 32.6 Å². The third-order valence-electron chi connectivity index (χ3n) is 5.67. The molecule has 0 aliphatic heterocycles. The third kappa shape index (κ3) is 3.41. The van der Waals surface area contributed by atoms with Crippen LogP contribution in [0.3, 0.4) is 0 Å². The maximum Gasteiger partial charge on any atom is 0.335 e. The molecule has 0 aliphatic carbocycles. The molecule has 6 nitrogen and oxygen atoms in total. The van der Waals surface area contributed by atoms with Gasteiger partial charge in [0.05, 0.1) is 5.56 Å². The van der Waals surface area contributed by atoms with Crippen LogP contribution in [0.2, 0.25) is 0 Å². The fraction of sp³-hybridized carbons (Fsp3) is 0.208. The summed E-state index contributed by atoms with van der Waals surface area (Å²) in [5.41, 5.74) is 4.43. The Morgan fingerprint density at radius 1 is 0.967 bits per heavy atom. The van der Waals surface area contributed by atoms with Gasteiger partial charge in [-0.25, -0.2) is 4.79 Å². The minimum absolute atomic E-state index is 0.146. The molecule has 0 aliphatic rings. The second-order valence-electron chi connectivity index (χ2n) is 7.99. The van der Waals surface area contributed by atoms with Gasteiger partial charge in [-0.3, -0.25) is 0 Å². The van der Waals surface area contributed by atoms with Crippen LogP contribution in [-0.2, 0) is 5.41 Å². The van der Waals surface area contributed by atoms with E-state index >= 15 is 0 Å². The number of hydrogen-bond acceptors (Lipinski definition) is 4. The number of aromatic hydroxyl groups is 1. The number of benzene rings is 3. The topological polar surface area (TPSA) is 88.2 Å². The second kappa shape index (κ2) is 7.30. The molecular weight excluding hydrogens is 378 g/mol. The molecule has 1 aromatic heterocycles. The van der Waals surface area contributed by atoms with Crippen LogP contribution in [-0.4, -0.2) is 31.2 Å². The summed E-state index contributed by atoms with van der Waals surface area (Å²) in [5, 5.41) is 29.4. The van der Waals surface area contributed by atoms with Crippen molar-refractivity contribution in [3.8, 4) is 22.6 Å². The minimum atomic E-state index is -0.965. The quantitative estimate of drug-likeness (QED) is 0.481. The Morgan fingerprint density at radius 3 is 2.10 bits per heavy atom. The SMILES string of the molecule is CCC(C)(C)c1cc(-c2ccc(C(=O)O)cc2)cc(-n2nc3ccccc3n2)c1O. The fourth-order valence-corrected chi connectivity index (χ4v) is 3.42. The van der Waals surface area contributed by atoms with Gasteiger partial charge in [0.15, 0.2) is 0 Å². The first-order valence-electron chi connectivity index (χ1n) is 9.84. The van der Waals surface area contributed by atoms with Crippen molar-refractivity contribution in [3.05, 3.63) is 71.8 Å². The normalized spacial score (nSPS) is 11.7. The molecule has 0 bridgehead atoms. The van der Waals surface area contributed by atoms with Gasteiger partial charge in [-0.2, -0.15) is 0 Å². The Bertz CT molecular complexity index is 1210. The van der Waals surface area contributed by atoms with E-state index in [1.54, 1.807) is 24.3 Å². The summed E-state index contributed by atoms with van der Waals surface area (Å²) in [6.45, 7) is 6.24. The van der Waals surface area contributed by atoms with Crippen LogP contribution in [0, 0.1) is 0 Å². The number of phenolic OH excluding ortho intramolecular Hbond substituents is 1. The molecule has 0 spiro atoms. The van der Waals surface area contributed by atoms with E-state index in [0.717, 1.165) is 34.1 Å². The molecule has 0 amide bonds. The molecule has 2 N–H and O–H groups in total. The van der Waals surface area contributed by atoms with Crippen LogP contribution in [0.5, 0.6) is 5.75 Å². The summed E-state index contributed by atoms with van der Waals surface area (Å²) in [6, 6.07) is 18.0. The van der Waals surface area contributed by atoms with Gasteiger partial charge >= 0.3 is 5.97 Å². The molecule has 30 heavy (non-hydrogen) atoms. The van der Waals surface area contributed by atoms with Crippen molar-refractivity contribution in [1.29, 1.82) is 0 Å². The number of carboxylic acids is 1. The average molecular weight is 401 g/mol. The lowest BCUT2D eigenvalue weighted by Crippen LogP contribution is -2.17. The second-order valence-corrected chi connectivity index (χ2v) is 7.99. The van der Waals surface area contributed by atoms with Gasteiger partial charge in [-0.1, -0.05) is 45.0 Å². The summed E-state index contributed by atoms with van der Waals surface area (Å²) < 4.78 is 0. The molecule has 0 saturated heterocycles. The lowest BCUT2D eigenvalue weighted by Gasteiger charge is -2.26. The molecular formula is C24H23N3O3. The maximum atomic E-state index is 11.2. The highest BCUT2D eigenvalue weighted by molar-refractivity contribution is 5.88. The van der Waals surface area contributed by atoms with E-state index in [4.69, 9.17) is 0 Å². The number of fused-ring (bicyclic) bond motifs is 1. The van der Waals surface area contributed by atoms with Crippen LogP contribution >= 0.6 is 0 Å². The van der Waals surface area contributed by atoms with E-state index in [9.17, 15) is 15.0 Å². The third-order valence-corrected chi connectivity index (χ3v) is 5.67. The zero-order valence-electron chi connectivity index (χ0n) is 17.1. The van der Waals surface area contributed by atoms with Crippen molar-refractivity contribution in [2.24, 2.45) is 0 Å². The van der Waals surface area contributed by atoms with Gasteiger partial charge in [0.2, 0.25) is 0 Å². The molecule has 0 atom stereocenters. The molecule has 0 fully saturated rings. The lowest BCUT2D eigenvalue weighted by molar-refractivity contribution is 0.0697. The van der Waals surface area contributed by atoms with Crippen LogP contribution < -0.4 is 0 Å². The van der Waals surface area contributed by atoms with Gasteiger partial charge in [-0.05, 0) is 59.4 Å². The average Bonchev–Trinajstić information content (AvgIpc) is 3.18. The molecule has 152 valence electrons. The Morgan fingerprint density at radius 2 is 1.57 bits per heavy atom. The number of nitrogens with zero attached hydrogens (tertiary/aromatic N) is 3. The number of rotatable bonds is 5. The maximum absolute atomic E-state index is 11.2. The number of aromatic carboxylic acids is 1. The van der Waals surface area contributed by atoms with E-state index in [1.807, 2.05) is 36.4 Å². The zero-order chi connectivity index (χ0) is 21.5. The van der Waals surface area contributed by atoms with Gasteiger partial charge in [0.1, 0.15) is 22.5 Å². The summed E-state index contributed by atoms with van der Waals surface area (Å²) in [7, 11) is 0. The molecule has 4 aromatic rings. The fourth-order valence-electron chi connectivity index (χ4n) is 3.42. The highest BCUT2D eigenvalue weighted by atomic mass is 16.4. The Labute approximate surface area is 174 Å². The first-order chi connectivity index (χ1) is 14.3. The van der Waals surface area contributed by atoms with E-state index in [0.29, 0.717) is 5.69 Å². The van der Waals surface area contributed by atoms with E-state index in [-0.39, 0.29) is 16.7 Å². The standard InChI is InChI=1S/C24H23N3O3/c1-4-24(2,3)18-13-17(15-9-11-16(12-10-15)23(29)30)14-21(22(18)28)27-25-19-7-5-6-8-20(19)26-27/h5-14,28H,4H2,1-3H3,(H,29,30). The highest BCUT2D eigenvalue weighted by Gasteiger charge is 2.26. The molecule has 3 aromatic carbocycles. The molecule has 6 heteroatoms. The molecule has 1 heterocycles. The Hall–Kier alpha value is -3.67. The van der Waals surface area contributed by atoms with Crippen LogP contribution in [0.4, 0.5) is 0 Å². The highest BCUT2D eigenvalue weighted by Crippen LogP contribution is 2.40. The summed E-state index contributed by atoms with van der Waals surface area (Å²) in [5.74, 6) is -0.818. The van der Waals surface area contributed by atoms with Gasteiger partial charge in [0.25, 0.3) is 0 Å². The van der Waals surface area contributed by atoms with E-state index < -0.39 is 5.97 Å². The minimum Gasteiger partial charge on any atom is -0.505 e. The summed E-state index contributed by atoms with van der Waals surface area (Å²) >= 11 is 0. The Kier molecular flexibility index (Phi) is 4.78. The number of aromatic nitrogens is 3. The van der Waals surface area contributed by atoms with Crippen molar-refractivity contribution in [2.75, 3.05) is 0 Å². The first kappa shape index (κ1) is 19.6. The van der Waals surface area contributed by atoms with Gasteiger partial charge < -0.3 is 10.2 Å². The monoisotopic (exact) mass is 401 g/mol. The molecule has 0 radical (unpaired) electrons. The first-order valence-corrected chi connectivity index (χ1v) is 9.84. The molecule has 0 saturated carbocycles. The van der Waals surface area contributed by atoms with Crippen LogP contribution in [0.15, 0.2) is 60.7 Å². The van der Waals surface area contributed by atoms with Gasteiger partial charge in [-0.15, -0.1) is 15.0 Å². The zero-order valence-corrected chi connectivity index (χ0v) is 17.1. The smallest absolute Gasteiger partial charge is 0.335 e. The van der Waals surface area contributed by atoms with Crippen molar-refractivity contribution >= 4 is 17.0 Å². The van der Waals surface area contributed by atoms with Crippen molar-refractivity contribution in [3.63, 3.8) is 0 Å². The largest absolute Gasteiger partial charge is 0.505 e. The van der Waals surface area contributed by atoms with Crippen LogP contribution in [0.1, 0.15) is 43.1 Å². The molecule has 4 rings (SSSR count). The predicted molar refractivity (Wildman–Crippen MR) is 116 cm³/mol. The number of phenols is 1. The molecule has 0 unspecified atom stereocenters. The van der Waals surface area contributed by atoms with Crippen molar-refractivity contribution < 1.29 is 15.0 Å². The number of carboxylic acid groups (broad SMARTS) is 1. The van der Waals surface area contributed by atoms with E-state index in [2.05, 4.69) is 31.0 Å². The van der Waals surface area contributed by atoms with Crippen LogP contribution in [0.25, 0.3) is 27.8 Å². The summed E-state index contributed by atoms with van der Waals surface area (Å²) in [6.07, 6.45) is 0.829. The lowest BCUT2D eigenvalue weighted by atomic mass is 9.80. The Balaban J connectivity index is 1.94.